The molecule has 0 spiro atoms. The van der Waals surface area contributed by atoms with E-state index >= 15 is 0 Å². The van der Waals surface area contributed by atoms with Crippen LogP contribution in [0.25, 0.3) is 0 Å². The SMILES string of the molecule is CCCNC(c1ccc(OCC)c(Br)c1)C(C)CCC. The van der Waals surface area contributed by atoms with Gasteiger partial charge in [-0.1, -0.05) is 33.3 Å². The van der Waals surface area contributed by atoms with Crippen LogP contribution in [0.4, 0.5) is 0 Å². The second-order valence-electron chi connectivity index (χ2n) is 5.32. The van der Waals surface area contributed by atoms with Crippen LogP contribution < -0.4 is 10.1 Å². The Morgan fingerprint density at radius 1 is 1.20 bits per heavy atom. The van der Waals surface area contributed by atoms with Gasteiger partial charge >= 0.3 is 0 Å². The van der Waals surface area contributed by atoms with E-state index in [-0.39, 0.29) is 0 Å². The lowest BCUT2D eigenvalue weighted by Crippen LogP contribution is -2.27. The van der Waals surface area contributed by atoms with Crippen molar-refractivity contribution in [2.45, 2.75) is 53.0 Å². The van der Waals surface area contributed by atoms with Crippen LogP contribution in [0.5, 0.6) is 5.75 Å². The highest BCUT2D eigenvalue weighted by Crippen LogP contribution is 2.32. The van der Waals surface area contributed by atoms with Crippen molar-refractivity contribution in [1.29, 1.82) is 0 Å². The van der Waals surface area contributed by atoms with Crippen molar-refractivity contribution in [2.24, 2.45) is 5.92 Å². The van der Waals surface area contributed by atoms with Gasteiger partial charge in [-0.3, -0.25) is 0 Å². The van der Waals surface area contributed by atoms with Gasteiger partial charge in [0.15, 0.2) is 0 Å². The molecule has 0 aromatic heterocycles. The van der Waals surface area contributed by atoms with Gasteiger partial charge in [0.1, 0.15) is 5.75 Å². The molecule has 1 aromatic carbocycles. The van der Waals surface area contributed by atoms with Crippen LogP contribution in [0.2, 0.25) is 0 Å². The maximum Gasteiger partial charge on any atom is 0.133 e. The molecule has 0 saturated carbocycles. The summed E-state index contributed by atoms with van der Waals surface area (Å²) in [4.78, 5) is 0. The van der Waals surface area contributed by atoms with Gasteiger partial charge < -0.3 is 10.1 Å². The summed E-state index contributed by atoms with van der Waals surface area (Å²) in [5.74, 6) is 1.56. The molecular formula is C17H28BrNO. The standard InChI is InChI=1S/C17H28BrNO/c1-5-8-13(4)17(19-11-6-2)14-9-10-16(20-7-3)15(18)12-14/h9-10,12-13,17,19H,5-8,11H2,1-4H3. The summed E-state index contributed by atoms with van der Waals surface area (Å²) in [5, 5.41) is 3.69. The van der Waals surface area contributed by atoms with E-state index in [9.17, 15) is 0 Å². The molecule has 2 atom stereocenters. The zero-order valence-electron chi connectivity index (χ0n) is 13.2. The predicted octanol–water partition coefficient (Wildman–Crippen LogP) is 5.32. The van der Waals surface area contributed by atoms with E-state index in [1.807, 2.05) is 6.92 Å². The van der Waals surface area contributed by atoms with Crippen molar-refractivity contribution < 1.29 is 4.74 Å². The quantitative estimate of drug-likeness (QED) is 0.655. The molecule has 0 saturated heterocycles. The number of halogens is 1. The van der Waals surface area contributed by atoms with Crippen LogP contribution in [-0.2, 0) is 0 Å². The fourth-order valence-corrected chi connectivity index (χ4v) is 3.06. The maximum atomic E-state index is 5.59. The zero-order valence-corrected chi connectivity index (χ0v) is 14.8. The van der Waals surface area contributed by atoms with E-state index in [1.54, 1.807) is 0 Å². The molecule has 0 bridgehead atoms. The van der Waals surface area contributed by atoms with Crippen LogP contribution in [-0.4, -0.2) is 13.2 Å². The number of benzene rings is 1. The summed E-state index contributed by atoms with van der Waals surface area (Å²) < 4.78 is 6.64. The largest absolute Gasteiger partial charge is 0.493 e. The monoisotopic (exact) mass is 341 g/mol. The molecule has 0 fully saturated rings. The van der Waals surface area contributed by atoms with Gasteiger partial charge in [-0.2, -0.15) is 0 Å². The molecule has 1 aromatic rings. The van der Waals surface area contributed by atoms with Crippen LogP contribution in [0.3, 0.4) is 0 Å². The zero-order chi connectivity index (χ0) is 15.0. The highest BCUT2D eigenvalue weighted by Gasteiger charge is 2.19. The Morgan fingerprint density at radius 3 is 2.50 bits per heavy atom. The van der Waals surface area contributed by atoms with Crippen LogP contribution in [0, 0.1) is 5.92 Å². The van der Waals surface area contributed by atoms with Gasteiger partial charge in [0, 0.05) is 6.04 Å². The van der Waals surface area contributed by atoms with E-state index in [0.29, 0.717) is 18.6 Å². The van der Waals surface area contributed by atoms with Crippen molar-refractivity contribution in [3.8, 4) is 5.75 Å². The van der Waals surface area contributed by atoms with Crippen molar-refractivity contribution in [1.82, 2.24) is 5.32 Å². The first-order chi connectivity index (χ1) is 9.63. The third kappa shape index (κ3) is 5.10. The highest BCUT2D eigenvalue weighted by molar-refractivity contribution is 9.10. The van der Waals surface area contributed by atoms with E-state index < -0.39 is 0 Å². The lowest BCUT2D eigenvalue weighted by atomic mass is 9.91. The fraction of sp³-hybridized carbons (Fsp3) is 0.647. The molecule has 3 heteroatoms. The number of hydrogen-bond acceptors (Lipinski definition) is 2. The lowest BCUT2D eigenvalue weighted by Gasteiger charge is -2.26. The summed E-state index contributed by atoms with van der Waals surface area (Å²) in [6.45, 7) is 10.6. The van der Waals surface area contributed by atoms with E-state index in [4.69, 9.17) is 4.74 Å². The Morgan fingerprint density at radius 2 is 1.95 bits per heavy atom. The molecule has 20 heavy (non-hydrogen) atoms. The minimum atomic E-state index is 0.418. The van der Waals surface area contributed by atoms with E-state index in [2.05, 4.69) is 60.2 Å². The molecule has 0 aliphatic rings. The second-order valence-corrected chi connectivity index (χ2v) is 6.17. The van der Waals surface area contributed by atoms with Gasteiger partial charge in [-0.25, -0.2) is 0 Å². The number of ether oxygens (including phenoxy) is 1. The number of rotatable bonds is 9. The third-order valence-corrected chi connectivity index (χ3v) is 4.16. The van der Waals surface area contributed by atoms with Gasteiger partial charge in [0.25, 0.3) is 0 Å². The second kappa shape index (κ2) is 9.41. The van der Waals surface area contributed by atoms with Gasteiger partial charge in [0.05, 0.1) is 11.1 Å². The van der Waals surface area contributed by atoms with Crippen molar-refractivity contribution in [3.05, 3.63) is 28.2 Å². The van der Waals surface area contributed by atoms with Gasteiger partial charge in [0.2, 0.25) is 0 Å². The average molecular weight is 342 g/mol. The normalized spacial score (nSPS) is 14.1. The van der Waals surface area contributed by atoms with Crippen molar-refractivity contribution in [3.63, 3.8) is 0 Å². The molecule has 0 aliphatic carbocycles. The molecule has 0 amide bonds. The average Bonchev–Trinajstić information content (AvgIpc) is 2.42. The summed E-state index contributed by atoms with van der Waals surface area (Å²) in [6, 6.07) is 6.88. The molecule has 0 radical (unpaired) electrons. The summed E-state index contributed by atoms with van der Waals surface area (Å²) in [5.41, 5.74) is 1.34. The lowest BCUT2D eigenvalue weighted by molar-refractivity contribution is 0.336. The highest BCUT2D eigenvalue weighted by atomic mass is 79.9. The minimum absolute atomic E-state index is 0.418. The Kier molecular flexibility index (Phi) is 8.24. The first-order valence-electron chi connectivity index (χ1n) is 7.79. The first-order valence-corrected chi connectivity index (χ1v) is 8.58. The number of nitrogens with one attached hydrogen (secondary N) is 1. The molecular weight excluding hydrogens is 314 g/mol. The summed E-state index contributed by atoms with van der Waals surface area (Å²) in [7, 11) is 0. The van der Waals surface area contributed by atoms with Gasteiger partial charge in [-0.15, -0.1) is 0 Å². The predicted molar refractivity (Wildman–Crippen MR) is 90.4 cm³/mol. The van der Waals surface area contributed by atoms with E-state index in [1.165, 1.54) is 18.4 Å². The Hall–Kier alpha value is -0.540. The maximum absolute atomic E-state index is 5.59. The minimum Gasteiger partial charge on any atom is -0.493 e. The first kappa shape index (κ1) is 17.5. The number of hydrogen-bond donors (Lipinski definition) is 1. The fourth-order valence-electron chi connectivity index (χ4n) is 2.55. The summed E-state index contributed by atoms with van der Waals surface area (Å²) >= 11 is 3.62. The smallest absolute Gasteiger partial charge is 0.133 e. The van der Waals surface area contributed by atoms with Crippen molar-refractivity contribution in [2.75, 3.05) is 13.2 Å². The molecule has 2 nitrogen and oxygen atoms in total. The molecule has 114 valence electrons. The van der Waals surface area contributed by atoms with Crippen molar-refractivity contribution >= 4 is 15.9 Å². The Bertz CT molecular complexity index is 395. The Labute approximate surface area is 132 Å². The molecule has 1 N–H and O–H groups in total. The third-order valence-electron chi connectivity index (χ3n) is 3.54. The van der Waals surface area contributed by atoms with E-state index in [0.717, 1.165) is 23.2 Å². The van der Waals surface area contributed by atoms with Crippen LogP contribution in [0.1, 0.15) is 58.6 Å². The topological polar surface area (TPSA) is 21.3 Å². The summed E-state index contributed by atoms with van der Waals surface area (Å²) in [6.07, 6.45) is 3.63. The van der Waals surface area contributed by atoms with Crippen LogP contribution >= 0.6 is 15.9 Å². The molecule has 0 aliphatic heterocycles. The molecule has 1 rings (SSSR count). The Balaban J connectivity index is 2.91. The molecule has 2 unspecified atom stereocenters. The van der Waals surface area contributed by atoms with Crippen LogP contribution in [0.15, 0.2) is 22.7 Å². The van der Waals surface area contributed by atoms with Gasteiger partial charge in [-0.05, 0) is 65.9 Å². The molecule has 0 heterocycles.